The Morgan fingerprint density at radius 3 is 2.50 bits per heavy atom. The van der Waals surface area contributed by atoms with E-state index in [0.29, 0.717) is 23.9 Å². The number of carbonyl (C=O) groups excluding carboxylic acids is 2. The van der Waals surface area contributed by atoms with Gasteiger partial charge in [0, 0.05) is 18.5 Å². The van der Waals surface area contributed by atoms with Crippen LogP contribution >= 0.6 is 0 Å². The minimum atomic E-state index is -0.0916. The SMILES string of the molecule is O=Cc1oc2cccc(Cc3ccccc3)c2c1C(=O)N1CCCCC1. The maximum absolute atomic E-state index is 13.2. The van der Waals surface area contributed by atoms with Gasteiger partial charge in [0.25, 0.3) is 5.91 Å². The maximum atomic E-state index is 13.2. The van der Waals surface area contributed by atoms with Gasteiger partial charge in [-0.05, 0) is 42.9 Å². The molecule has 1 aliphatic heterocycles. The summed E-state index contributed by atoms with van der Waals surface area (Å²) in [7, 11) is 0. The lowest BCUT2D eigenvalue weighted by molar-refractivity contribution is 0.0721. The quantitative estimate of drug-likeness (QED) is 0.655. The number of rotatable bonds is 4. The monoisotopic (exact) mass is 347 g/mol. The van der Waals surface area contributed by atoms with Crippen LogP contribution in [-0.2, 0) is 6.42 Å². The molecular weight excluding hydrogens is 326 g/mol. The summed E-state index contributed by atoms with van der Waals surface area (Å²) >= 11 is 0. The van der Waals surface area contributed by atoms with Crippen molar-refractivity contribution in [3.63, 3.8) is 0 Å². The molecule has 4 rings (SSSR count). The number of fused-ring (bicyclic) bond motifs is 1. The van der Waals surface area contributed by atoms with Crippen LogP contribution in [0.15, 0.2) is 52.9 Å². The van der Waals surface area contributed by atoms with Crippen LogP contribution in [0.5, 0.6) is 0 Å². The van der Waals surface area contributed by atoms with Gasteiger partial charge in [-0.2, -0.15) is 0 Å². The third-order valence-electron chi connectivity index (χ3n) is 5.03. The molecule has 0 radical (unpaired) electrons. The first-order chi connectivity index (χ1) is 12.8. The third kappa shape index (κ3) is 3.03. The lowest BCUT2D eigenvalue weighted by Crippen LogP contribution is -2.36. The standard InChI is InChI=1S/C22H21NO3/c24-15-19-21(22(25)23-12-5-2-6-13-23)20-17(10-7-11-18(20)26-19)14-16-8-3-1-4-9-16/h1,3-4,7-11,15H,2,5-6,12-14H2. The predicted octanol–water partition coefficient (Wildman–Crippen LogP) is 4.46. The molecule has 0 N–H and O–H groups in total. The van der Waals surface area contributed by atoms with E-state index in [4.69, 9.17) is 4.42 Å². The van der Waals surface area contributed by atoms with Crippen LogP contribution in [0.25, 0.3) is 11.0 Å². The molecule has 2 aromatic carbocycles. The number of carbonyl (C=O) groups is 2. The van der Waals surface area contributed by atoms with E-state index >= 15 is 0 Å². The van der Waals surface area contributed by atoms with Gasteiger partial charge in [0.15, 0.2) is 12.0 Å². The van der Waals surface area contributed by atoms with E-state index < -0.39 is 0 Å². The highest BCUT2D eigenvalue weighted by molar-refractivity contribution is 6.12. The smallest absolute Gasteiger partial charge is 0.258 e. The Balaban J connectivity index is 1.82. The second-order valence-electron chi connectivity index (χ2n) is 6.76. The predicted molar refractivity (Wildman–Crippen MR) is 101 cm³/mol. The van der Waals surface area contributed by atoms with E-state index in [1.807, 2.05) is 41.3 Å². The van der Waals surface area contributed by atoms with Crippen molar-refractivity contribution in [2.45, 2.75) is 25.7 Å². The van der Waals surface area contributed by atoms with E-state index in [1.54, 1.807) is 0 Å². The molecule has 1 saturated heterocycles. The van der Waals surface area contributed by atoms with Gasteiger partial charge in [0.05, 0.1) is 5.56 Å². The van der Waals surface area contributed by atoms with E-state index in [0.717, 1.165) is 48.9 Å². The van der Waals surface area contributed by atoms with E-state index in [2.05, 4.69) is 12.1 Å². The fourth-order valence-electron chi connectivity index (χ4n) is 3.75. The van der Waals surface area contributed by atoms with Gasteiger partial charge >= 0.3 is 0 Å². The number of furan rings is 1. The molecule has 0 spiro atoms. The normalized spacial score (nSPS) is 14.5. The molecule has 0 aliphatic carbocycles. The van der Waals surface area contributed by atoms with Crippen molar-refractivity contribution in [2.75, 3.05) is 13.1 Å². The number of nitrogens with zero attached hydrogens (tertiary/aromatic N) is 1. The topological polar surface area (TPSA) is 50.5 Å². The molecule has 1 aromatic heterocycles. The summed E-state index contributed by atoms with van der Waals surface area (Å²) in [5.74, 6) is 0.0437. The summed E-state index contributed by atoms with van der Waals surface area (Å²) in [6.07, 6.45) is 4.51. The Kier molecular flexibility index (Phi) is 4.57. The number of amides is 1. The number of hydrogen-bond acceptors (Lipinski definition) is 3. The number of hydrogen-bond donors (Lipinski definition) is 0. The first kappa shape index (κ1) is 16.6. The number of likely N-dealkylation sites (tertiary alicyclic amines) is 1. The van der Waals surface area contributed by atoms with Crippen LogP contribution < -0.4 is 0 Å². The van der Waals surface area contributed by atoms with Crippen LogP contribution in [0.4, 0.5) is 0 Å². The van der Waals surface area contributed by atoms with Crippen molar-refractivity contribution in [1.29, 1.82) is 0 Å². The van der Waals surface area contributed by atoms with Gasteiger partial charge in [0.1, 0.15) is 5.58 Å². The molecule has 1 fully saturated rings. The van der Waals surface area contributed by atoms with Crippen LogP contribution in [0.2, 0.25) is 0 Å². The number of aldehydes is 1. The molecule has 0 unspecified atom stereocenters. The van der Waals surface area contributed by atoms with Gasteiger partial charge in [-0.25, -0.2) is 0 Å². The average Bonchev–Trinajstić information content (AvgIpc) is 3.08. The zero-order valence-electron chi connectivity index (χ0n) is 14.6. The molecule has 0 saturated carbocycles. The maximum Gasteiger partial charge on any atom is 0.258 e. The Morgan fingerprint density at radius 1 is 1.00 bits per heavy atom. The van der Waals surface area contributed by atoms with Gasteiger partial charge in [0.2, 0.25) is 0 Å². The van der Waals surface area contributed by atoms with E-state index in [-0.39, 0.29) is 11.7 Å². The molecule has 1 aliphatic rings. The Bertz CT molecular complexity index is 937. The minimum Gasteiger partial charge on any atom is -0.452 e. The fraction of sp³-hybridized carbons (Fsp3) is 0.273. The molecule has 1 amide bonds. The van der Waals surface area contributed by atoms with Gasteiger partial charge in [-0.3, -0.25) is 9.59 Å². The molecule has 0 bridgehead atoms. The molecule has 3 aromatic rings. The van der Waals surface area contributed by atoms with Crippen LogP contribution in [0, 0.1) is 0 Å². The zero-order valence-corrected chi connectivity index (χ0v) is 14.6. The lowest BCUT2D eigenvalue weighted by atomic mass is 9.97. The highest BCUT2D eigenvalue weighted by Gasteiger charge is 2.27. The molecule has 4 nitrogen and oxygen atoms in total. The second-order valence-corrected chi connectivity index (χ2v) is 6.76. The highest BCUT2D eigenvalue weighted by Crippen LogP contribution is 2.31. The number of piperidine rings is 1. The van der Waals surface area contributed by atoms with Crippen molar-refractivity contribution in [1.82, 2.24) is 4.90 Å². The Hall–Kier alpha value is -2.88. The van der Waals surface area contributed by atoms with Crippen molar-refractivity contribution >= 4 is 23.2 Å². The van der Waals surface area contributed by atoms with Gasteiger partial charge in [-0.15, -0.1) is 0 Å². The summed E-state index contributed by atoms with van der Waals surface area (Å²) in [5, 5.41) is 0.772. The van der Waals surface area contributed by atoms with Crippen molar-refractivity contribution in [3.05, 3.63) is 71.0 Å². The molecule has 132 valence electrons. The van der Waals surface area contributed by atoms with Gasteiger partial charge < -0.3 is 9.32 Å². The third-order valence-corrected chi connectivity index (χ3v) is 5.03. The van der Waals surface area contributed by atoms with Crippen LogP contribution in [0.3, 0.4) is 0 Å². The minimum absolute atomic E-state index is 0.0916. The first-order valence-electron chi connectivity index (χ1n) is 9.10. The Labute approximate surface area is 152 Å². The van der Waals surface area contributed by atoms with E-state index in [9.17, 15) is 9.59 Å². The summed E-state index contributed by atoms with van der Waals surface area (Å²) in [4.78, 5) is 26.6. The summed E-state index contributed by atoms with van der Waals surface area (Å²) in [6, 6.07) is 15.8. The molecule has 0 atom stereocenters. The summed E-state index contributed by atoms with van der Waals surface area (Å²) in [6.45, 7) is 1.48. The van der Waals surface area contributed by atoms with Crippen molar-refractivity contribution < 1.29 is 14.0 Å². The van der Waals surface area contributed by atoms with Crippen LogP contribution in [0.1, 0.15) is 51.3 Å². The molecule has 2 heterocycles. The Morgan fingerprint density at radius 2 is 1.77 bits per heavy atom. The van der Waals surface area contributed by atoms with Crippen molar-refractivity contribution in [3.8, 4) is 0 Å². The van der Waals surface area contributed by atoms with E-state index in [1.165, 1.54) is 0 Å². The summed E-state index contributed by atoms with van der Waals surface area (Å²) < 4.78 is 5.72. The average molecular weight is 347 g/mol. The molecule has 4 heteroatoms. The number of benzene rings is 2. The zero-order chi connectivity index (χ0) is 17.9. The highest BCUT2D eigenvalue weighted by atomic mass is 16.3. The molecular formula is C22H21NO3. The van der Waals surface area contributed by atoms with Gasteiger partial charge in [-0.1, -0.05) is 42.5 Å². The van der Waals surface area contributed by atoms with Crippen molar-refractivity contribution in [2.24, 2.45) is 0 Å². The second kappa shape index (κ2) is 7.16. The molecule has 26 heavy (non-hydrogen) atoms. The van der Waals surface area contributed by atoms with Crippen LogP contribution in [-0.4, -0.2) is 30.2 Å². The largest absolute Gasteiger partial charge is 0.452 e. The lowest BCUT2D eigenvalue weighted by Gasteiger charge is -2.26. The summed E-state index contributed by atoms with van der Waals surface area (Å²) in [5.41, 5.74) is 3.18. The first-order valence-corrected chi connectivity index (χ1v) is 9.10. The fourth-order valence-corrected chi connectivity index (χ4v) is 3.75.